The zero-order chi connectivity index (χ0) is 41.5. The molecule has 0 aromatic carbocycles. The number of carbonyl (C=O) groups is 3. The molecule has 0 saturated heterocycles. The zero-order valence-electron chi connectivity index (χ0n) is 37.9. The van der Waals surface area contributed by atoms with Gasteiger partial charge in [-0.15, -0.1) is 0 Å². The number of hydrogen-bond acceptors (Lipinski definition) is 6. The predicted octanol–water partition coefficient (Wildman–Crippen LogP) is 15.8. The molecule has 0 heterocycles. The fraction of sp³-hybridized carbons (Fsp3) is 0.824. The summed E-state index contributed by atoms with van der Waals surface area (Å²) in [6, 6.07) is 0. The minimum absolute atomic E-state index is 0.0832. The van der Waals surface area contributed by atoms with Gasteiger partial charge in [0.1, 0.15) is 13.2 Å². The van der Waals surface area contributed by atoms with Gasteiger partial charge in [0.2, 0.25) is 0 Å². The third-order valence-corrected chi connectivity index (χ3v) is 10.6. The van der Waals surface area contributed by atoms with Crippen LogP contribution in [0.2, 0.25) is 0 Å². The fourth-order valence-corrected chi connectivity index (χ4v) is 6.94. The molecule has 0 aliphatic carbocycles. The molecule has 6 heteroatoms. The van der Waals surface area contributed by atoms with Crippen LogP contribution < -0.4 is 0 Å². The second-order valence-corrected chi connectivity index (χ2v) is 16.3. The number of hydrogen-bond donors (Lipinski definition) is 0. The summed E-state index contributed by atoms with van der Waals surface area (Å²) in [5.74, 6) is -0.925. The lowest BCUT2D eigenvalue weighted by atomic mass is 10.0. The molecule has 0 amide bonds. The van der Waals surface area contributed by atoms with E-state index in [2.05, 4.69) is 57.2 Å². The molecule has 1 unspecified atom stereocenters. The average Bonchev–Trinajstić information content (AvgIpc) is 3.21. The molecule has 1 atom stereocenters. The molecular weight excluding hydrogens is 709 g/mol. The van der Waals surface area contributed by atoms with Gasteiger partial charge in [0.25, 0.3) is 0 Å². The third-order valence-electron chi connectivity index (χ3n) is 10.6. The summed E-state index contributed by atoms with van der Waals surface area (Å²) in [4.78, 5) is 37.7. The smallest absolute Gasteiger partial charge is 0.306 e. The van der Waals surface area contributed by atoms with E-state index in [0.29, 0.717) is 19.3 Å². The van der Waals surface area contributed by atoms with Gasteiger partial charge in [-0.25, -0.2) is 0 Å². The molecule has 0 fully saturated rings. The SMILES string of the molecule is CC/C=C\C/C=C\CCCCC(=O)OCC(COC(=O)CCCCCCCCCCCCCCCCCCCC)OC(=O)CCCCCCC/C=C\CCCCC. The van der Waals surface area contributed by atoms with E-state index in [4.69, 9.17) is 14.2 Å². The molecule has 332 valence electrons. The first kappa shape index (κ1) is 54.6. The first-order valence-electron chi connectivity index (χ1n) is 24.5. The maximum Gasteiger partial charge on any atom is 0.306 e. The maximum absolute atomic E-state index is 12.7. The summed E-state index contributed by atoms with van der Waals surface area (Å²) in [7, 11) is 0. The summed E-state index contributed by atoms with van der Waals surface area (Å²) in [5.41, 5.74) is 0. The standard InChI is InChI=1S/C51H92O6/c1-4-7-10-13-16-19-21-23-24-25-26-27-28-30-32-35-38-41-44-50(53)56-47-48(46-55-49(52)43-40-37-34-31-18-15-12-9-6-3)57-51(54)45-42-39-36-33-29-22-20-17-14-11-8-5-2/h9,12,17-18,20,31,48H,4-8,10-11,13-16,19,21-30,32-47H2,1-3H3/b12-9-,20-17-,31-18-. The Morgan fingerprint density at radius 2 is 0.684 bits per heavy atom. The van der Waals surface area contributed by atoms with Crippen LogP contribution in [0.3, 0.4) is 0 Å². The second-order valence-electron chi connectivity index (χ2n) is 16.3. The molecular formula is C51H92O6. The molecule has 0 bridgehead atoms. The number of ether oxygens (including phenoxy) is 3. The summed E-state index contributed by atoms with van der Waals surface area (Å²) < 4.78 is 16.7. The minimum Gasteiger partial charge on any atom is -0.462 e. The van der Waals surface area contributed by atoms with Crippen molar-refractivity contribution in [3.63, 3.8) is 0 Å². The summed E-state index contributed by atoms with van der Waals surface area (Å²) in [5, 5.41) is 0. The number of carbonyl (C=O) groups excluding carboxylic acids is 3. The molecule has 0 spiro atoms. The van der Waals surface area contributed by atoms with Crippen molar-refractivity contribution in [2.75, 3.05) is 13.2 Å². The van der Waals surface area contributed by atoms with Gasteiger partial charge in [0.15, 0.2) is 6.10 Å². The van der Waals surface area contributed by atoms with Crippen molar-refractivity contribution >= 4 is 17.9 Å². The van der Waals surface area contributed by atoms with Crippen molar-refractivity contribution in [2.45, 2.75) is 258 Å². The van der Waals surface area contributed by atoms with Gasteiger partial charge >= 0.3 is 17.9 Å². The van der Waals surface area contributed by atoms with Crippen molar-refractivity contribution in [3.05, 3.63) is 36.5 Å². The van der Waals surface area contributed by atoms with E-state index in [1.807, 2.05) is 0 Å². The molecule has 0 aromatic rings. The van der Waals surface area contributed by atoms with E-state index >= 15 is 0 Å². The Hall–Kier alpha value is -2.37. The highest BCUT2D eigenvalue weighted by molar-refractivity contribution is 5.71. The Morgan fingerprint density at radius 3 is 1.14 bits per heavy atom. The highest BCUT2D eigenvalue weighted by Crippen LogP contribution is 2.16. The number of allylic oxidation sites excluding steroid dienone is 6. The Labute approximate surface area is 353 Å². The molecule has 6 nitrogen and oxygen atoms in total. The van der Waals surface area contributed by atoms with Crippen LogP contribution in [0.5, 0.6) is 0 Å². The quantitative estimate of drug-likeness (QED) is 0.0264. The lowest BCUT2D eigenvalue weighted by Gasteiger charge is -2.18. The Balaban J connectivity index is 4.28. The van der Waals surface area contributed by atoms with Gasteiger partial charge in [-0.1, -0.05) is 198 Å². The zero-order valence-corrected chi connectivity index (χ0v) is 37.9. The van der Waals surface area contributed by atoms with Crippen molar-refractivity contribution < 1.29 is 28.6 Å². The van der Waals surface area contributed by atoms with Crippen LogP contribution >= 0.6 is 0 Å². The van der Waals surface area contributed by atoms with Crippen molar-refractivity contribution in [1.82, 2.24) is 0 Å². The van der Waals surface area contributed by atoms with Gasteiger partial charge in [0.05, 0.1) is 0 Å². The van der Waals surface area contributed by atoms with E-state index in [0.717, 1.165) is 83.5 Å². The lowest BCUT2D eigenvalue weighted by Crippen LogP contribution is -2.30. The molecule has 0 aliphatic rings. The molecule has 0 radical (unpaired) electrons. The van der Waals surface area contributed by atoms with Crippen LogP contribution in [0.1, 0.15) is 252 Å². The monoisotopic (exact) mass is 801 g/mol. The van der Waals surface area contributed by atoms with Crippen LogP contribution in [-0.2, 0) is 28.6 Å². The highest BCUT2D eigenvalue weighted by atomic mass is 16.6. The summed E-state index contributed by atoms with van der Waals surface area (Å²) in [6.07, 6.45) is 52.9. The van der Waals surface area contributed by atoms with E-state index < -0.39 is 6.10 Å². The van der Waals surface area contributed by atoms with Gasteiger partial charge < -0.3 is 14.2 Å². The fourth-order valence-electron chi connectivity index (χ4n) is 6.94. The summed E-state index contributed by atoms with van der Waals surface area (Å²) >= 11 is 0. The van der Waals surface area contributed by atoms with Crippen molar-refractivity contribution in [1.29, 1.82) is 0 Å². The molecule has 0 aliphatic heterocycles. The van der Waals surface area contributed by atoms with Crippen LogP contribution in [0.25, 0.3) is 0 Å². The predicted molar refractivity (Wildman–Crippen MR) is 242 cm³/mol. The lowest BCUT2D eigenvalue weighted by molar-refractivity contribution is -0.167. The molecule has 0 aromatic heterocycles. The largest absolute Gasteiger partial charge is 0.462 e. The van der Waals surface area contributed by atoms with E-state index in [1.54, 1.807) is 0 Å². The van der Waals surface area contributed by atoms with Gasteiger partial charge in [-0.2, -0.15) is 0 Å². The molecule has 0 rings (SSSR count). The van der Waals surface area contributed by atoms with E-state index in [-0.39, 0.29) is 31.1 Å². The van der Waals surface area contributed by atoms with E-state index in [1.165, 1.54) is 128 Å². The van der Waals surface area contributed by atoms with E-state index in [9.17, 15) is 14.4 Å². The topological polar surface area (TPSA) is 78.9 Å². The van der Waals surface area contributed by atoms with Crippen LogP contribution in [0.4, 0.5) is 0 Å². The summed E-state index contributed by atoms with van der Waals surface area (Å²) in [6.45, 7) is 6.46. The molecule has 0 saturated carbocycles. The van der Waals surface area contributed by atoms with Gasteiger partial charge in [0, 0.05) is 19.3 Å². The highest BCUT2D eigenvalue weighted by Gasteiger charge is 2.19. The second kappa shape index (κ2) is 46.3. The average molecular weight is 801 g/mol. The van der Waals surface area contributed by atoms with Crippen LogP contribution in [-0.4, -0.2) is 37.2 Å². The number of unbranched alkanes of at least 4 members (excludes halogenated alkanes) is 27. The third kappa shape index (κ3) is 44.6. The molecule has 0 N–H and O–H groups in total. The molecule has 57 heavy (non-hydrogen) atoms. The van der Waals surface area contributed by atoms with Gasteiger partial charge in [-0.3, -0.25) is 14.4 Å². The minimum atomic E-state index is -0.783. The Bertz CT molecular complexity index is 969. The maximum atomic E-state index is 12.7. The normalized spacial score (nSPS) is 12.3. The Morgan fingerprint density at radius 1 is 0.368 bits per heavy atom. The Kier molecular flexibility index (Phi) is 44.4. The first-order chi connectivity index (χ1) is 28.0. The number of esters is 3. The first-order valence-corrected chi connectivity index (χ1v) is 24.5. The van der Waals surface area contributed by atoms with Crippen LogP contribution in [0.15, 0.2) is 36.5 Å². The van der Waals surface area contributed by atoms with Crippen molar-refractivity contribution in [3.8, 4) is 0 Å². The van der Waals surface area contributed by atoms with Gasteiger partial charge in [-0.05, 0) is 70.6 Å². The van der Waals surface area contributed by atoms with Crippen molar-refractivity contribution in [2.24, 2.45) is 0 Å². The van der Waals surface area contributed by atoms with Crippen LogP contribution in [0, 0.1) is 0 Å². The number of rotatable bonds is 44.